The third-order valence-corrected chi connectivity index (χ3v) is 3.47. The smallest absolute Gasteiger partial charge is 0.358 e. The lowest BCUT2D eigenvalue weighted by molar-refractivity contribution is 0.0685. The van der Waals surface area contributed by atoms with Gasteiger partial charge in [-0.2, -0.15) is 0 Å². The highest BCUT2D eigenvalue weighted by Crippen LogP contribution is 2.19. The Hall–Kier alpha value is -2.41. The minimum atomic E-state index is -1.11. The minimum Gasteiger partial charge on any atom is -0.476 e. The molecule has 7 heteroatoms. The SMILES string of the molecule is CCN(CC)c1ccc(-n2nnc(C(=O)O)c2COC)cc1. The van der Waals surface area contributed by atoms with E-state index < -0.39 is 5.97 Å². The Morgan fingerprint density at radius 3 is 2.41 bits per heavy atom. The lowest BCUT2D eigenvalue weighted by atomic mass is 10.2. The molecule has 1 aromatic heterocycles. The topological polar surface area (TPSA) is 80.5 Å². The zero-order chi connectivity index (χ0) is 16.1. The molecule has 7 nitrogen and oxygen atoms in total. The van der Waals surface area contributed by atoms with Crippen molar-refractivity contribution in [1.29, 1.82) is 0 Å². The van der Waals surface area contributed by atoms with Gasteiger partial charge >= 0.3 is 5.97 Å². The van der Waals surface area contributed by atoms with Crippen molar-refractivity contribution in [1.82, 2.24) is 15.0 Å². The quantitative estimate of drug-likeness (QED) is 0.842. The first kappa shape index (κ1) is 16.0. The molecular formula is C15H20N4O3. The van der Waals surface area contributed by atoms with Gasteiger partial charge in [0.25, 0.3) is 0 Å². The van der Waals surface area contributed by atoms with E-state index in [9.17, 15) is 4.79 Å². The van der Waals surface area contributed by atoms with Gasteiger partial charge < -0.3 is 14.7 Å². The van der Waals surface area contributed by atoms with Gasteiger partial charge in [-0.1, -0.05) is 5.21 Å². The number of nitrogens with zero attached hydrogens (tertiary/aromatic N) is 4. The van der Waals surface area contributed by atoms with Crippen molar-refractivity contribution >= 4 is 11.7 Å². The second-order valence-electron chi connectivity index (χ2n) is 4.72. The summed E-state index contributed by atoms with van der Waals surface area (Å²) in [5, 5.41) is 16.8. The first-order valence-electron chi connectivity index (χ1n) is 7.14. The van der Waals surface area contributed by atoms with Gasteiger partial charge in [0.15, 0.2) is 5.69 Å². The third-order valence-electron chi connectivity index (χ3n) is 3.47. The van der Waals surface area contributed by atoms with E-state index >= 15 is 0 Å². The van der Waals surface area contributed by atoms with Gasteiger partial charge in [0.05, 0.1) is 12.3 Å². The number of carbonyl (C=O) groups is 1. The largest absolute Gasteiger partial charge is 0.476 e. The maximum Gasteiger partial charge on any atom is 0.358 e. The molecular weight excluding hydrogens is 284 g/mol. The van der Waals surface area contributed by atoms with Crippen LogP contribution < -0.4 is 4.90 Å². The summed E-state index contributed by atoms with van der Waals surface area (Å²) in [5.41, 5.74) is 2.20. The first-order chi connectivity index (χ1) is 10.6. The van der Waals surface area contributed by atoms with Gasteiger partial charge in [0.2, 0.25) is 0 Å². The zero-order valence-corrected chi connectivity index (χ0v) is 13.0. The van der Waals surface area contributed by atoms with E-state index in [0.29, 0.717) is 5.69 Å². The molecule has 0 saturated carbocycles. The van der Waals surface area contributed by atoms with E-state index in [-0.39, 0.29) is 12.3 Å². The van der Waals surface area contributed by atoms with Gasteiger partial charge in [0.1, 0.15) is 5.69 Å². The molecule has 0 spiro atoms. The second kappa shape index (κ2) is 7.04. The molecule has 0 radical (unpaired) electrons. The fourth-order valence-corrected chi connectivity index (χ4v) is 2.33. The number of hydrogen-bond donors (Lipinski definition) is 1. The number of carboxylic acids is 1. The lowest BCUT2D eigenvalue weighted by Gasteiger charge is -2.21. The lowest BCUT2D eigenvalue weighted by Crippen LogP contribution is -2.21. The Balaban J connectivity index is 2.38. The predicted molar refractivity (Wildman–Crippen MR) is 82.6 cm³/mol. The molecule has 2 aromatic rings. The highest BCUT2D eigenvalue weighted by Gasteiger charge is 2.19. The van der Waals surface area contributed by atoms with E-state index in [4.69, 9.17) is 9.84 Å². The highest BCUT2D eigenvalue weighted by atomic mass is 16.5. The van der Waals surface area contributed by atoms with Gasteiger partial charge in [-0.25, -0.2) is 9.48 Å². The van der Waals surface area contributed by atoms with Crippen LogP contribution in [0.3, 0.4) is 0 Å². The maximum absolute atomic E-state index is 11.2. The molecule has 0 atom stereocenters. The van der Waals surface area contributed by atoms with Crippen LogP contribution in [0.5, 0.6) is 0 Å². The Morgan fingerprint density at radius 2 is 1.91 bits per heavy atom. The van der Waals surface area contributed by atoms with Crippen molar-refractivity contribution in [3.63, 3.8) is 0 Å². The molecule has 0 unspecified atom stereocenters. The first-order valence-corrected chi connectivity index (χ1v) is 7.14. The molecule has 0 fully saturated rings. The number of rotatable bonds is 7. The van der Waals surface area contributed by atoms with Crippen molar-refractivity contribution in [2.45, 2.75) is 20.5 Å². The van der Waals surface area contributed by atoms with Crippen LogP contribution in [0.2, 0.25) is 0 Å². The molecule has 1 aromatic carbocycles. The van der Waals surface area contributed by atoms with Gasteiger partial charge in [-0.05, 0) is 38.1 Å². The van der Waals surface area contributed by atoms with Crippen LogP contribution in [-0.4, -0.2) is 46.3 Å². The number of aromatic carboxylic acids is 1. The summed E-state index contributed by atoms with van der Waals surface area (Å²) < 4.78 is 6.56. The number of anilines is 1. The van der Waals surface area contributed by atoms with Crippen LogP contribution in [0.4, 0.5) is 5.69 Å². The van der Waals surface area contributed by atoms with Crippen LogP contribution in [0, 0.1) is 0 Å². The molecule has 0 bridgehead atoms. The molecule has 118 valence electrons. The average Bonchev–Trinajstić information content (AvgIpc) is 2.93. The van der Waals surface area contributed by atoms with Gasteiger partial charge in [0, 0.05) is 25.9 Å². The highest BCUT2D eigenvalue weighted by molar-refractivity contribution is 5.86. The molecule has 1 N–H and O–H groups in total. The summed E-state index contributed by atoms with van der Waals surface area (Å²) in [6.07, 6.45) is 0. The van der Waals surface area contributed by atoms with Crippen LogP contribution in [0.1, 0.15) is 30.0 Å². The number of hydrogen-bond acceptors (Lipinski definition) is 5. The Labute approximate surface area is 129 Å². The second-order valence-corrected chi connectivity index (χ2v) is 4.72. The van der Waals surface area contributed by atoms with Gasteiger partial charge in [-0.15, -0.1) is 5.10 Å². The number of methoxy groups -OCH3 is 1. The molecule has 22 heavy (non-hydrogen) atoms. The summed E-state index contributed by atoms with van der Waals surface area (Å²) >= 11 is 0. The number of carboxylic acid groups (broad SMARTS) is 1. The summed E-state index contributed by atoms with van der Waals surface area (Å²) in [5.74, 6) is -1.11. The van der Waals surface area contributed by atoms with Crippen molar-refractivity contribution in [2.24, 2.45) is 0 Å². The number of ether oxygens (including phenoxy) is 1. The Bertz CT molecular complexity index is 633. The summed E-state index contributed by atoms with van der Waals surface area (Å²) in [6, 6.07) is 7.77. The standard InChI is InChI=1S/C15H20N4O3/c1-4-18(5-2)11-6-8-12(9-7-11)19-13(10-22-3)14(15(20)21)16-17-19/h6-9H,4-5,10H2,1-3H3,(H,20,21). The molecule has 0 aliphatic rings. The van der Waals surface area contributed by atoms with Crippen LogP contribution in [0.15, 0.2) is 24.3 Å². The summed E-state index contributed by atoms with van der Waals surface area (Å²) in [4.78, 5) is 13.4. The van der Waals surface area contributed by atoms with E-state index in [1.165, 1.54) is 11.8 Å². The van der Waals surface area contributed by atoms with Crippen molar-refractivity contribution in [2.75, 3.05) is 25.1 Å². The monoisotopic (exact) mass is 304 g/mol. The fraction of sp³-hybridized carbons (Fsp3) is 0.400. The van der Waals surface area contributed by atoms with Crippen LogP contribution >= 0.6 is 0 Å². The van der Waals surface area contributed by atoms with E-state index in [0.717, 1.165) is 24.5 Å². The normalized spacial score (nSPS) is 10.7. The summed E-state index contributed by atoms with van der Waals surface area (Å²) in [6.45, 7) is 6.19. The average molecular weight is 304 g/mol. The maximum atomic E-state index is 11.2. The fourth-order valence-electron chi connectivity index (χ4n) is 2.33. The molecule has 1 heterocycles. The van der Waals surface area contributed by atoms with E-state index in [2.05, 4.69) is 29.1 Å². The molecule has 0 saturated heterocycles. The predicted octanol–water partition coefficient (Wildman–Crippen LogP) is 1.96. The third kappa shape index (κ3) is 3.09. The number of aromatic nitrogens is 3. The number of benzene rings is 1. The van der Waals surface area contributed by atoms with Crippen LogP contribution in [-0.2, 0) is 11.3 Å². The Kier molecular flexibility index (Phi) is 5.11. The van der Waals surface area contributed by atoms with Crippen molar-refractivity contribution in [3.8, 4) is 5.69 Å². The minimum absolute atomic E-state index is 0.0883. The molecule has 0 amide bonds. The van der Waals surface area contributed by atoms with E-state index in [1.807, 2.05) is 24.3 Å². The van der Waals surface area contributed by atoms with E-state index in [1.54, 1.807) is 0 Å². The van der Waals surface area contributed by atoms with Crippen LogP contribution in [0.25, 0.3) is 5.69 Å². The van der Waals surface area contributed by atoms with Crippen molar-refractivity contribution in [3.05, 3.63) is 35.7 Å². The molecule has 0 aliphatic carbocycles. The molecule has 0 aliphatic heterocycles. The van der Waals surface area contributed by atoms with Crippen molar-refractivity contribution < 1.29 is 14.6 Å². The Morgan fingerprint density at radius 1 is 1.27 bits per heavy atom. The molecule has 2 rings (SSSR count). The summed E-state index contributed by atoms with van der Waals surface area (Å²) in [7, 11) is 1.51. The zero-order valence-electron chi connectivity index (χ0n) is 13.0. The van der Waals surface area contributed by atoms with Gasteiger partial charge in [-0.3, -0.25) is 0 Å².